The van der Waals surface area contributed by atoms with Crippen LogP contribution in [0.4, 0.5) is 0 Å². The summed E-state index contributed by atoms with van der Waals surface area (Å²) < 4.78 is 2.25. The third-order valence-corrected chi connectivity index (χ3v) is 6.79. The number of rotatable bonds is 2. The monoisotopic (exact) mass is 536 g/mol. The zero-order chi connectivity index (χ0) is 25.5. The van der Waals surface area contributed by atoms with E-state index in [1.54, 1.807) is 0 Å². The molecule has 0 fully saturated rings. The first kappa shape index (κ1) is 27.5. The molecule has 0 atom stereocenters. The summed E-state index contributed by atoms with van der Waals surface area (Å²) in [5, 5.41) is 0. The molecule has 3 aromatic rings. The standard InChI is InChI=1S/C21H25.C8H8.C5H5.Zr/c1-20(2,3)16-9-7-14-11-15-8-10-17(21(4,5)6)13-19(15)18(14)12-16;1-2-8-6-4-3-5-7-8;1-2-4-5-3-1;/h7,9-10,12-13H,11H2,1-6H3;1,3-7H,2H2;1-3H,4H2;/q-1;;-1;+2. The summed E-state index contributed by atoms with van der Waals surface area (Å²) in [6.45, 7) is 13.6. The van der Waals surface area contributed by atoms with Gasteiger partial charge in [-0.05, 0) is 17.4 Å². The van der Waals surface area contributed by atoms with Crippen LogP contribution < -0.4 is 0 Å². The topological polar surface area (TPSA) is 0 Å². The third-order valence-electron chi connectivity index (χ3n) is 6.29. The van der Waals surface area contributed by atoms with Crippen molar-refractivity contribution < 1.29 is 24.2 Å². The third kappa shape index (κ3) is 7.94. The average Bonchev–Trinajstić information content (AvgIpc) is 3.50. The van der Waals surface area contributed by atoms with Crippen LogP contribution in [0.25, 0.3) is 11.1 Å². The van der Waals surface area contributed by atoms with Gasteiger partial charge in [0.05, 0.1) is 0 Å². The number of hydrogen-bond donors (Lipinski definition) is 0. The van der Waals surface area contributed by atoms with Crippen LogP contribution in [-0.4, -0.2) is 3.71 Å². The second-order valence-electron chi connectivity index (χ2n) is 11.2. The van der Waals surface area contributed by atoms with Gasteiger partial charge in [-0.1, -0.05) is 76.3 Å². The first-order valence-corrected chi connectivity index (χ1v) is 13.9. The van der Waals surface area contributed by atoms with Crippen molar-refractivity contribution in [3.8, 4) is 11.1 Å². The average molecular weight is 538 g/mol. The van der Waals surface area contributed by atoms with Gasteiger partial charge in [-0.3, -0.25) is 6.08 Å². The normalized spacial score (nSPS) is 13.3. The van der Waals surface area contributed by atoms with Crippen molar-refractivity contribution in [2.24, 2.45) is 0 Å². The van der Waals surface area contributed by atoms with E-state index in [0.717, 1.165) is 19.3 Å². The van der Waals surface area contributed by atoms with Gasteiger partial charge in [0.1, 0.15) is 0 Å². The molecule has 0 aliphatic heterocycles. The number of hydrogen-bond acceptors (Lipinski definition) is 0. The second kappa shape index (κ2) is 12.2. The van der Waals surface area contributed by atoms with Crippen molar-refractivity contribution >= 4 is 3.71 Å². The van der Waals surface area contributed by atoms with Crippen LogP contribution in [0, 0.1) is 12.1 Å². The van der Waals surface area contributed by atoms with Gasteiger partial charge in [-0.15, -0.1) is 12.0 Å². The van der Waals surface area contributed by atoms with E-state index in [1.165, 1.54) is 63.2 Å². The van der Waals surface area contributed by atoms with Crippen LogP contribution in [0.5, 0.6) is 0 Å². The Morgan fingerprint density at radius 3 is 2.09 bits per heavy atom. The molecule has 0 saturated carbocycles. The molecule has 0 spiro atoms. The van der Waals surface area contributed by atoms with Gasteiger partial charge in [-0.25, -0.2) is 12.2 Å². The molecule has 0 nitrogen and oxygen atoms in total. The van der Waals surface area contributed by atoms with Crippen LogP contribution in [-0.2, 0) is 47.9 Å². The van der Waals surface area contributed by atoms with Crippen LogP contribution in [0.2, 0.25) is 0 Å². The van der Waals surface area contributed by atoms with E-state index >= 15 is 0 Å². The molecule has 5 rings (SSSR count). The van der Waals surface area contributed by atoms with E-state index in [9.17, 15) is 0 Å². The van der Waals surface area contributed by atoms with Crippen LogP contribution in [0.3, 0.4) is 0 Å². The summed E-state index contributed by atoms with van der Waals surface area (Å²) >= 11 is 1.51. The fraction of sp³-hybridized carbons (Fsp3) is 0.324. The quantitative estimate of drug-likeness (QED) is 0.225. The summed E-state index contributed by atoms with van der Waals surface area (Å²) in [5.41, 5.74) is 10.2. The Balaban J connectivity index is 0.000000199. The van der Waals surface area contributed by atoms with Crippen molar-refractivity contribution in [2.75, 3.05) is 0 Å². The molecule has 0 N–H and O–H groups in total. The molecule has 0 bridgehead atoms. The van der Waals surface area contributed by atoms with E-state index in [0.29, 0.717) is 0 Å². The Morgan fingerprint density at radius 2 is 1.54 bits per heavy atom. The maximum atomic E-state index is 3.53. The van der Waals surface area contributed by atoms with Gasteiger partial charge in [0.25, 0.3) is 0 Å². The molecule has 2 aliphatic rings. The van der Waals surface area contributed by atoms with E-state index in [1.807, 2.05) is 18.2 Å². The minimum absolute atomic E-state index is 0.177. The number of allylic oxidation sites excluding steroid dienone is 4. The Morgan fingerprint density at radius 1 is 0.857 bits per heavy atom. The number of benzene rings is 3. The summed E-state index contributed by atoms with van der Waals surface area (Å²) in [5.74, 6) is 0. The molecule has 3 aromatic carbocycles. The van der Waals surface area contributed by atoms with Gasteiger partial charge in [-0.2, -0.15) is 35.4 Å². The molecule has 1 heteroatoms. The SMILES string of the molecule is CC(C)(C)c1c[c-]c2c(c1)-c1cc(C(C)(C)C)ccc1C2.[C-]1=CC=CC1.[Zr+2]=[CH]Cc1ccccc1. The first-order chi connectivity index (χ1) is 16.6. The number of fused-ring (bicyclic) bond motifs is 3. The maximum absolute atomic E-state index is 3.53. The Hall–Kier alpha value is -2.11. The second-order valence-corrected chi connectivity index (χ2v) is 12.2. The molecule has 178 valence electrons. The predicted molar refractivity (Wildman–Crippen MR) is 149 cm³/mol. The zero-order valence-electron chi connectivity index (χ0n) is 22.2. The van der Waals surface area contributed by atoms with E-state index in [2.05, 4.69) is 118 Å². The molecule has 0 saturated heterocycles. The van der Waals surface area contributed by atoms with Crippen molar-refractivity contribution in [2.45, 2.75) is 71.6 Å². The van der Waals surface area contributed by atoms with Crippen molar-refractivity contribution in [1.29, 1.82) is 0 Å². The van der Waals surface area contributed by atoms with Crippen LogP contribution in [0.15, 0.2) is 78.9 Å². The molecular formula is C34H38Zr. The van der Waals surface area contributed by atoms with Crippen LogP contribution in [0.1, 0.15) is 75.8 Å². The van der Waals surface area contributed by atoms with Crippen LogP contribution >= 0.6 is 0 Å². The molecule has 0 heterocycles. The van der Waals surface area contributed by atoms with Crippen molar-refractivity contribution in [1.82, 2.24) is 0 Å². The summed E-state index contributed by atoms with van der Waals surface area (Å²) in [6, 6.07) is 25.6. The fourth-order valence-electron chi connectivity index (χ4n) is 4.06. The van der Waals surface area contributed by atoms with Crippen molar-refractivity contribution in [3.05, 3.63) is 119 Å². The molecule has 0 aromatic heterocycles. The summed E-state index contributed by atoms with van der Waals surface area (Å²) in [4.78, 5) is 0. The molecule has 0 amide bonds. The van der Waals surface area contributed by atoms with E-state index in [4.69, 9.17) is 0 Å². The van der Waals surface area contributed by atoms with Gasteiger partial charge in [0, 0.05) is 0 Å². The Bertz CT molecular complexity index is 1110. The molecule has 35 heavy (non-hydrogen) atoms. The molecule has 0 unspecified atom stereocenters. The first-order valence-electron chi connectivity index (χ1n) is 12.5. The van der Waals surface area contributed by atoms with E-state index < -0.39 is 0 Å². The fourth-order valence-corrected chi connectivity index (χ4v) is 4.64. The summed E-state index contributed by atoms with van der Waals surface area (Å²) in [6.07, 6.45) is 12.2. The predicted octanol–water partition coefficient (Wildman–Crippen LogP) is 8.54. The van der Waals surface area contributed by atoms with Gasteiger partial charge >= 0.3 is 70.3 Å². The van der Waals surface area contributed by atoms with Gasteiger partial charge in [0.2, 0.25) is 0 Å². The van der Waals surface area contributed by atoms with E-state index in [-0.39, 0.29) is 10.8 Å². The van der Waals surface area contributed by atoms with Crippen molar-refractivity contribution in [3.63, 3.8) is 0 Å². The summed E-state index contributed by atoms with van der Waals surface area (Å²) in [7, 11) is 0. The zero-order valence-corrected chi connectivity index (χ0v) is 24.7. The Labute approximate surface area is 228 Å². The minimum atomic E-state index is 0.177. The van der Waals surface area contributed by atoms with Gasteiger partial charge in [0.15, 0.2) is 0 Å². The molecular weight excluding hydrogens is 500 g/mol. The molecule has 0 radical (unpaired) electrons. The Kier molecular flexibility index (Phi) is 9.60. The molecule has 2 aliphatic carbocycles. The van der Waals surface area contributed by atoms with Gasteiger partial charge < -0.3 is 0 Å².